The normalized spacial score (nSPS) is 23.7. The molecule has 6 heteroatoms. The summed E-state index contributed by atoms with van der Waals surface area (Å²) in [5.74, 6) is 0.403. The summed E-state index contributed by atoms with van der Waals surface area (Å²) >= 11 is 3.31. The van der Waals surface area contributed by atoms with E-state index < -0.39 is 11.7 Å². The van der Waals surface area contributed by atoms with Gasteiger partial charge in [0, 0.05) is 10.9 Å². The van der Waals surface area contributed by atoms with Gasteiger partial charge in [0.2, 0.25) is 5.90 Å². The quantitative estimate of drug-likeness (QED) is 0.762. The van der Waals surface area contributed by atoms with E-state index in [1.54, 1.807) is 0 Å². The number of rotatable bonds is 2. The fourth-order valence-corrected chi connectivity index (χ4v) is 2.32. The standard InChI is InChI=1S/C12H11BrF3NO/c1-7-10(6-13)18-11(17-7)8-2-4-9(5-3-8)12(14,15)16/h2-5,7,10H,6H2,1H3. The first-order chi connectivity index (χ1) is 8.41. The minimum Gasteiger partial charge on any atom is -0.471 e. The minimum atomic E-state index is -4.32. The van der Waals surface area contributed by atoms with Gasteiger partial charge in [-0.2, -0.15) is 13.2 Å². The van der Waals surface area contributed by atoms with Crippen LogP contribution in [-0.2, 0) is 10.9 Å². The third-order valence-corrected chi connectivity index (χ3v) is 3.37. The molecule has 2 atom stereocenters. The van der Waals surface area contributed by atoms with Crippen LogP contribution in [0.3, 0.4) is 0 Å². The predicted octanol–water partition coefficient (Wildman–Crippen LogP) is 3.63. The van der Waals surface area contributed by atoms with E-state index in [1.165, 1.54) is 12.1 Å². The molecule has 1 aromatic rings. The Balaban J connectivity index is 2.19. The Bertz CT molecular complexity index is 455. The number of hydrogen-bond donors (Lipinski definition) is 0. The van der Waals surface area contributed by atoms with E-state index in [1.807, 2.05) is 6.92 Å². The summed E-state index contributed by atoms with van der Waals surface area (Å²) in [5, 5.41) is 0.641. The second kappa shape index (κ2) is 4.91. The van der Waals surface area contributed by atoms with Gasteiger partial charge >= 0.3 is 6.18 Å². The molecule has 0 fully saturated rings. The maximum Gasteiger partial charge on any atom is 0.416 e. The highest BCUT2D eigenvalue weighted by molar-refractivity contribution is 9.09. The number of alkyl halides is 4. The molecule has 2 unspecified atom stereocenters. The molecule has 1 aromatic carbocycles. The summed E-state index contributed by atoms with van der Waals surface area (Å²) in [6.45, 7) is 1.91. The SMILES string of the molecule is CC1N=C(c2ccc(C(F)(F)F)cc2)OC1CBr. The van der Waals surface area contributed by atoms with Gasteiger partial charge in [-0.3, -0.25) is 0 Å². The molecule has 2 nitrogen and oxygen atoms in total. The van der Waals surface area contributed by atoms with Crippen molar-refractivity contribution in [1.29, 1.82) is 0 Å². The molecule has 1 aliphatic rings. The molecule has 98 valence electrons. The van der Waals surface area contributed by atoms with E-state index in [0.29, 0.717) is 16.8 Å². The van der Waals surface area contributed by atoms with E-state index in [0.717, 1.165) is 12.1 Å². The van der Waals surface area contributed by atoms with Gasteiger partial charge < -0.3 is 4.74 Å². The summed E-state index contributed by atoms with van der Waals surface area (Å²) < 4.78 is 42.8. The van der Waals surface area contributed by atoms with Crippen LogP contribution >= 0.6 is 15.9 Å². The van der Waals surface area contributed by atoms with E-state index in [-0.39, 0.29) is 12.1 Å². The van der Waals surface area contributed by atoms with Crippen molar-refractivity contribution in [1.82, 2.24) is 0 Å². The number of benzene rings is 1. The Labute approximate surface area is 111 Å². The Kier molecular flexibility index (Phi) is 3.66. The van der Waals surface area contributed by atoms with Crippen molar-refractivity contribution in [2.45, 2.75) is 25.2 Å². The maximum absolute atomic E-state index is 12.4. The van der Waals surface area contributed by atoms with Crippen LogP contribution < -0.4 is 0 Å². The van der Waals surface area contributed by atoms with Crippen molar-refractivity contribution >= 4 is 21.8 Å². The summed E-state index contributed by atoms with van der Waals surface area (Å²) in [7, 11) is 0. The third kappa shape index (κ3) is 2.68. The molecule has 0 bridgehead atoms. The van der Waals surface area contributed by atoms with Crippen molar-refractivity contribution in [3.63, 3.8) is 0 Å². The highest BCUT2D eigenvalue weighted by Gasteiger charge is 2.31. The fourth-order valence-electron chi connectivity index (χ4n) is 1.65. The van der Waals surface area contributed by atoms with Gasteiger partial charge in [0.05, 0.1) is 11.6 Å². The molecule has 0 radical (unpaired) electrons. The lowest BCUT2D eigenvalue weighted by Gasteiger charge is -2.11. The third-order valence-electron chi connectivity index (χ3n) is 2.73. The topological polar surface area (TPSA) is 21.6 Å². The van der Waals surface area contributed by atoms with Gasteiger partial charge in [0.25, 0.3) is 0 Å². The number of nitrogens with zero attached hydrogens (tertiary/aromatic N) is 1. The van der Waals surface area contributed by atoms with Gasteiger partial charge in [-0.1, -0.05) is 15.9 Å². The molecule has 0 aromatic heterocycles. The molecular formula is C12H11BrF3NO. The Morgan fingerprint density at radius 2 is 1.89 bits per heavy atom. The number of aliphatic imine (C=N–C) groups is 1. The van der Waals surface area contributed by atoms with Crippen LogP contribution in [0.15, 0.2) is 29.3 Å². The van der Waals surface area contributed by atoms with Crippen molar-refractivity contribution in [3.05, 3.63) is 35.4 Å². The Morgan fingerprint density at radius 1 is 1.28 bits per heavy atom. The lowest BCUT2D eigenvalue weighted by Crippen LogP contribution is -2.21. The molecule has 0 saturated heterocycles. The van der Waals surface area contributed by atoms with E-state index in [4.69, 9.17) is 4.74 Å². The zero-order valence-electron chi connectivity index (χ0n) is 9.54. The molecular weight excluding hydrogens is 311 g/mol. The lowest BCUT2D eigenvalue weighted by molar-refractivity contribution is -0.137. The van der Waals surface area contributed by atoms with E-state index >= 15 is 0 Å². The first-order valence-electron chi connectivity index (χ1n) is 5.40. The molecule has 18 heavy (non-hydrogen) atoms. The average Bonchev–Trinajstić information content (AvgIpc) is 2.69. The summed E-state index contributed by atoms with van der Waals surface area (Å²) in [4.78, 5) is 4.29. The van der Waals surface area contributed by atoms with Gasteiger partial charge in [0.15, 0.2) is 0 Å². The lowest BCUT2D eigenvalue weighted by atomic mass is 10.1. The van der Waals surface area contributed by atoms with E-state index in [2.05, 4.69) is 20.9 Å². The largest absolute Gasteiger partial charge is 0.471 e. The van der Waals surface area contributed by atoms with Crippen LogP contribution in [0.25, 0.3) is 0 Å². The van der Waals surface area contributed by atoms with Gasteiger partial charge in [0.1, 0.15) is 6.10 Å². The van der Waals surface area contributed by atoms with Gasteiger partial charge in [-0.15, -0.1) is 0 Å². The van der Waals surface area contributed by atoms with Gasteiger partial charge in [-0.05, 0) is 31.2 Å². The van der Waals surface area contributed by atoms with E-state index in [9.17, 15) is 13.2 Å². The second-order valence-corrected chi connectivity index (χ2v) is 4.71. The highest BCUT2D eigenvalue weighted by atomic mass is 79.9. The van der Waals surface area contributed by atoms with Crippen LogP contribution in [0.2, 0.25) is 0 Å². The summed E-state index contributed by atoms with van der Waals surface area (Å²) in [5.41, 5.74) is -0.103. The Morgan fingerprint density at radius 3 is 2.33 bits per heavy atom. The summed E-state index contributed by atoms with van der Waals surface area (Å²) in [6, 6.07) is 4.83. The minimum absolute atomic E-state index is 0.00154. The highest BCUT2D eigenvalue weighted by Crippen LogP contribution is 2.29. The van der Waals surface area contributed by atoms with Crippen LogP contribution in [0.1, 0.15) is 18.1 Å². The van der Waals surface area contributed by atoms with Crippen molar-refractivity contribution in [2.75, 3.05) is 5.33 Å². The molecule has 0 N–H and O–H groups in total. The first kappa shape index (κ1) is 13.4. The van der Waals surface area contributed by atoms with Crippen LogP contribution in [0.5, 0.6) is 0 Å². The maximum atomic E-state index is 12.4. The molecule has 0 spiro atoms. The molecule has 0 amide bonds. The fraction of sp³-hybridized carbons (Fsp3) is 0.417. The number of hydrogen-bond acceptors (Lipinski definition) is 2. The van der Waals surface area contributed by atoms with Crippen molar-refractivity contribution in [3.8, 4) is 0 Å². The van der Waals surface area contributed by atoms with Crippen LogP contribution in [0.4, 0.5) is 13.2 Å². The predicted molar refractivity (Wildman–Crippen MR) is 66.1 cm³/mol. The summed E-state index contributed by atoms with van der Waals surface area (Å²) in [6.07, 6.45) is -4.38. The second-order valence-electron chi connectivity index (χ2n) is 4.06. The average molecular weight is 322 g/mol. The Hall–Kier alpha value is -1.04. The molecule has 0 aliphatic carbocycles. The van der Waals surface area contributed by atoms with Gasteiger partial charge in [-0.25, -0.2) is 4.99 Å². The molecule has 0 saturated carbocycles. The zero-order chi connectivity index (χ0) is 13.3. The van der Waals surface area contributed by atoms with Crippen molar-refractivity contribution < 1.29 is 17.9 Å². The molecule has 1 aliphatic heterocycles. The van der Waals surface area contributed by atoms with Crippen molar-refractivity contribution in [2.24, 2.45) is 4.99 Å². The molecule has 1 heterocycles. The van der Waals surface area contributed by atoms with Crippen LogP contribution in [-0.4, -0.2) is 23.4 Å². The van der Waals surface area contributed by atoms with Crippen LogP contribution in [0, 0.1) is 0 Å². The zero-order valence-corrected chi connectivity index (χ0v) is 11.1. The number of ether oxygens (including phenoxy) is 1. The first-order valence-corrected chi connectivity index (χ1v) is 6.52. The molecule has 2 rings (SSSR count). The smallest absolute Gasteiger partial charge is 0.416 e. The number of halogens is 4. The monoisotopic (exact) mass is 321 g/mol.